The maximum Gasteiger partial charge on any atom is 0.341 e. The van der Waals surface area contributed by atoms with E-state index in [2.05, 4.69) is 0 Å². The van der Waals surface area contributed by atoms with Crippen molar-refractivity contribution in [3.8, 4) is 0 Å². The highest BCUT2D eigenvalue weighted by molar-refractivity contribution is 5.84. The molecule has 0 amide bonds. The topological polar surface area (TPSA) is 57.3 Å². The maximum absolute atomic E-state index is 11.4. The molecule has 0 aromatic rings. The molecule has 0 N–H and O–H groups in total. The molecule has 3 atom stereocenters. The minimum absolute atomic E-state index is 0.270. The van der Waals surface area contributed by atoms with Crippen LogP contribution in [0.25, 0.3) is 0 Å². The lowest BCUT2D eigenvalue weighted by molar-refractivity contribution is -0.291. The van der Waals surface area contributed by atoms with Crippen LogP contribution in [-0.4, -0.2) is 42.3 Å². The molecule has 0 unspecified atom stereocenters. The van der Waals surface area contributed by atoms with Crippen LogP contribution < -0.4 is 0 Å². The van der Waals surface area contributed by atoms with Crippen LogP contribution >= 0.6 is 0 Å². The van der Waals surface area contributed by atoms with Crippen LogP contribution in [0.4, 0.5) is 0 Å². The smallest absolute Gasteiger partial charge is 0.341 e. The Kier molecular flexibility index (Phi) is 2.76. The molecule has 2 saturated heterocycles. The van der Waals surface area contributed by atoms with E-state index < -0.39 is 17.5 Å². The lowest BCUT2D eigenvalue weighted by Crippen LogP contribution is -2.58. The Morgan fingerprint density at radius 3 is 2.18 bits per heavy atom. The third kappa shape index (κ3) is 2.61. The molecule has 2 heterocycles. The molecule has 98 valence electrons. The van der Waals surface area contributed by atoms with E-state index in [0.29, 0.717) is 6.61 Å². The Morgan fingerprint density at radius 1 is 1.29 bits per heavy atom. The van der Waals surface area contributed by atoms with Gasteiger partial charge in [0.05, 0.1) is 12.2 Å². The molecule has 0 bridgehead atoms. The van der Waals surface area contributed by atoms with Crippen molar-refractivity contribution >= 4 is 5.97 Å². The van der Waals surface area contributed by atoms with Gasteiger partial charge in [0, 0.05) is 0 Å². The fourth-order valence-corrected chi connectivity index (χ4v) is 1.50. The summed E-state index contributed by atoms with van der Waals surface area (Å²) in [5, 5.41) is 0. The van der Waals surface area contributed by atoms with Crippen LogP contribution in [0.15, 0.2) is 0 Å². The fraction of sp³-hybridized carbons (Fsp3) is 0.917. The van der Waals surface area contributed by atoms with Gasteiger partial charge in [-0.25, -0.2) is 4.79 Å². The third-order valence-corrected chi connectivity index (χ3v) is 2.84. The van der Waals surface area contributed by atoms with Crippen LogP contribution in [0.1, 0.15) is 34.6 Å². The Bertz CT molecular complexity index is 328. The largest absolute Gasteiger partial charge is 0.460 e. The molecular weight excluding hydrogens is 224 g/mol. The van der Waals surface area contributed by atoms with E-state index in [1.165, 1.54) is 0 Å². The summed E-state index contributed by atoms with van der Waals surface area (Å²) in [6, 6.07) is 0. The number of carbonyl (C=O) groups is 1. The summed E-state index contributed by atoms with van der Waals surface area (Å²) in [5.41, 5.74) is -1.71. The SMILES string of the molecule is CC(C)(C)O[C@H](O[C@]1(C)COC1=O)[C@]1(C)CO1. The van der Waals surface area contributed by atoms with Crippen molar-refractivity contribution in [1.29, 1.82) is 0 Å². The van der Waals surface area contributed by atoms with Gasteiger partial charge in [0.1, 0.15) is 12.2 Å². The lowest BCUT2D eigenvalue weighted by atomic mass is 10.0. The minimum atomic E-state index is -0.898. The van der Waals surface area contributed by atoms with E-state index in [4.69, 9.17) is 18.9 Å². The first-order chi connectivity index (χ1) is 7.65. The first-order valence-corrected chi connectivity index (χ1v) is 5.82. The van der Waals surface area contributed by atoms with Gasteiger partial charge in [-0.1, -0.05) is 0 Å². The molecule has 2 fully saturated rings. The molecule has 2 rings (SSSR count). The molecule has 0 saturated carbocycles. The van der Waals surface area contributed by atoms with Crippen molar-refractivity contribution in [1.82, 2.24) is 0 Å². The predicted octanol–water partition coefficient (Wildman–Crippen LogP) is 1.25. The summed E-state index contributed by atoms with van der Waals surface area (Å²) < 4.78 is 21.7. The van der Waals surface area contributed by atoms with Crippen molar-refractivity contribution in [3.05, 3.63) is 0 Å². The normalized spacial score (nSPS) is 38.3. The van der Waals surface area contributed by atoms with Crippen LogP contribution in [0.5, 0.6) is 0 Å². The average Bonchev–Trinajstić information content (AvgIpc) is 2.92. The molecule has 2 aliphatic heterocycles. The maximum atomic E-state index is 11.4. The molecule has 0 spiro atoms. The minimum Gasteiger partial charge on any atom is -0.460 e. The number of hydrogen-bond acceptors (Lipinski definition) is 5. The van der Waals surface area contributed by atoms with Gasteiger partial charge in [-0.3, -0.25) is 0 Å². The highest BCUT2D eigenvalue weighted by Crippen LogP contribution is 2.38. The zero-order valence-electron chi connectivity index (χ0n) is 11.0. The number of rotatable bonds is 4. The van der Waals surface area contributed by atoms with E-state index in [1.807, 2.05) is 27.7 Å². The van der Waals surface area contributed by atoms with Gasteiger partial charge in [0.25, 0.3) is 0 Å². The van der Waals surface area contributed by atoms with Crippen molar-refractivity contribution in [2.75, 3.05) is 13.2 Å². The molecule has 17 heavy (non-hydrogen) atoms. The Hall–Kier alpha value is -0.650. The number of epoxide rings is 1. The first kappa shape index (κ1) is 12.8. The standard InChI is InChI=1S/C12H20O5/c1-10(2,3)16-9(12(5)7-15-12)17-11(4)6-14-8(11)13/h9H,6-7H2,1-5H3/t9-,11-,12+/m1/s1. The van der Waals surface area contributed by atoms with Crippen molar-refractivity contribution in [2.45, 2.75) is 57.7 Å². The summed E-state index contributed by atoms with van der Waals surface area (Å²) in [7, 11) is 0. The monoisotopic (exact) mass is 244 g/mol. The Labute approximate surface area is 101 Å². The molecule has 0 aliphatic carbocycles. The zero-order valence-corrected chi connectivity index (χ0v) is 11.0. The second-order valence-corrected chi connectivity index (χ2v) is 6.09. The van der Waals surface area contributed by atoms with Gasteiger partial charge in [0.15, 0.2) is 11.9 Å². The van der Waals surface area contributed by atoms with Crippen LogP contribution in [0.3, 0.4) is 0 Å². The van der Waals surface area contributed by atoms with Crippen molar-refractivity contribution in [3.63, 3.8) is 0 Å². The Balaban J connectivity index is 2.04. The number of hydrogen-bond donors (Lipinski definition) is 0. The van der Waals surface area contributed by atoms with Crippen LogP contribution in [0, 0.1) is 0 Å². The van der Waals surface area contributed by atoms with E-state index in [0.717, 1.165) is 0 Å². The number of ether oxygens (including phenoxy) is 4. The van der Waals surface area contributed by atoms with Gasteiger partial charge in [-0.15, -0.1) is 0 Å². The van der Waals surface area contributed by atoms with E-state index in [-0.39, 0.29) is 18.2 Å². The molecule has 0 aromatic heterocycles. The quantitative estimate of drug-likeness (QED) is 0.423. The Morgan fingerprint density at radius 2 is 1.88 bits per heavy atom. The summed E-state index contributed by atoms with van der Waals surface area (Å²) in [4.78, 5) is 11.4. The van der Waals surface area contributed by atoms with Crippen molar-refractivity contribution in [2.24, 2.45) is 0 Å². The number of carbonyl (C=O) groups excluding carboxylic acids is 1. The summed E-state index contributed by atoms with van der Waals surface area (Å²) in [6.07, 6.45) is -0.555. The van der Waals surface area contributed by atoms with Gasteiger partial charge in [-0.2, -0.15) is 0 Å². The predicted molar refractivity (Wildman–Crippen MR) is 59.4 cm³/mol. The fourth-order valence-electron chi connectivity index (χ4n) is 1.50. The second kappa shape index (κ2) is 3.67. The summed E-state index contributed by atoms with van der Waals surface area (Å²) in [5.74, 6) is -0.343. The zero-order chi connectivity index (χ0) is 12.9. The van der Waals surface area contributed by atoms with Crippen molar-refractivity contribution < 1.29 is 23.7 Å². The molecular formula is C12H20O5. The van der Waals surface area contributed by atoms with Crippen LogP contribution in [-0.2, 0) is 23.7 Å². The number of esters is 1. The molecule has 2 aliphatic rings. The number of cyclic esters (lactones) is 1. The molecule has 0 aromatic carbocycles. The van der Waals surface area contributed by atoms with E-state index in [1.54, 1.807) is 6.92 Å². The third-order valence-electron chi connectivity index (χ3n) is 2.84. The highest BCUT2D eigenvalue weighted by Gasteiger charge is 2.56. The second-order valence-electron chi connectivity index (χ2n) is 6.09. The van der Waals surface area contributed by atoms with E-state index >= 15 is 0 Å². The molecule has 5 nitrogen and oxygen atoms in total. The van der Waals surface area contributed by atoms with E-state index in [9.17, 15) is 4.79 Å². The van der Waals surface area contributed by atoms with Gasteiger partial charge in [0.2, 0.25) is 0 Å². The lowest BCUT2D eigenvalue weighted by Gasteiger charge is -2.40. The summed E-state index contributed by atoms with van der Waals surface area (Å²) >= 11 is 0. The highest BCUT2D eigenvalue weighted by atomic mass is 16.8. The summed E-state index contributed by atoms with van der Waals surface area (Å²) in [6.45, 7) is 10.3. The van der Waals surface area contributed by atoms with Crippen LogP contribution in [0.2, 0.25) is 0 Å². The van der Waals surface area contributed by atoms with Gasteiger partial charge in [-0.05, 0) is 34.6 Å². The molecule has 5 heteroatoms. The average molecular weight is 244 g/mol. The molecule has 0 radical (unpaired) electrons. The first-order valence-electron chi connectivity index (χ1n) is 5.82. The van der Waals surface area contributed by atoms with Gasteiger partial charge >= 0.3 is 5.97 Å². The van der Waals surface area contributed by atoms with Gasteiger partial charge < -0.3 is 18.9 Å².